The Morgan fingerprint density at radius 2 is 1.96 bits per heavy atom. The number of benzene rings is 1. The van der Waals surface area contributed by atoms with E-state index in [2.05, 4.69) is 5.32 Å². The normalized spacial score (nSPS) is 19.2. The second kappa shape index (κ2) is 7.42. The summed E-state index contributed by atoms with van der Waals surface area (Å²) in [5.74, 6) is -0.208. The number of hydrogen-bond donors (Lipinski definition) is 1. The molecule has 6 nitrogen and oxygen atoms in total. The highest BCUT2D eigenvalue weighted by atomic mass is 32.2. The van der Waals surface area contributed by atoms with Gasteiger partial charge in [-0.15, -0.1) is 0 Å². The van der Waals surface area contributed by atoms with Gasteiger partial charge >= 0.3 is 0 Å². The third-order valence-electron chi connectivity index (χ3n) is 3.99. The molecule has 23 heavy (non-hydrogen) atoms. The lowest BCUT2D eigenvalue weighted by molar-refractivity contribution is -0.124. The number of hydrogen-bond acceptors (Lipinski definition) is 4. The number of sulfonamides is 1. The fourth-order valence-electron chi connectivity index (χ4n) is 2.66. The van der Waals surface area contributed by atoms with E-state index in [9.17, 15) is 13.2 Å². The topological polar surface area (TPSA) is 69.7 Å². The SMILES string of the molecule is Cc1ccc(S(=O)(=O)N2CCCC2C(=O)NCCN(C)C)cc1. The summed E-state index contributed by atoms with van der Waals surface area (Å²) in [6.07, 6.45) is 1.27. The largest absolute Gasteiger partial charge is 0.353 e. The lowest BCUT2D eigenvalue weighted by Gasteiger charge is -2.23. The Morgan fingerprint density at radius 3 is 2.57 bits per heavy atom. The van der Waals surface area contributed by atoms with Gasteiger partial charge in [0.2, 0.25) is 15.9 Å². The van der Waals surface area contributed by atoms with Gasteiger partial charge in [0.15, 0.2) is 0 Å². The van der Waals surface area contributed by atoms with Gasteiger partial charge in [0.1, 0.15) is 6.04 Å². The highest BCUT2D eigenvalue weighted by Crippen LogP contribution is 2.26. The fourth-order valence-corrected chi connectivity index (χ4v) is 4.31. The van der Waals surface area contributed by atoms with E-state index in [4.69, 9.17) is 0 Å². The molecule has 1 N–H and O–H groups in total. The van der Waals surface area contributed by atoms with Gasteiger partial charge in [-0.1, -0.05) is 17.7 Å². The van der Waals surface area contributed by atoms with Crippen LogP contribution in [0.1, 0.15) is 18.4 Å². The summed E-state index contributed by atoms with van der Waals surface area (Å²) in [5.41, 5.74) is 1.00. The number of carbonyl (C=O) groups excluding carboxylic acids is 1. The minimum atomic E-state index is -3.63. The van der Waals surface area contributed by atoms with E-state index < -0.39 is 16.1 Å². The van der Waals surface area contributed by atoms with Gasteiger partial charge in [-0.2, -0.15) is 4.31 Å². The number of nitrogens with one attached hydrogen (secondary N) is 1. The maximum atomic E-state index is 12.8. The van der Waals surface area contributed by atoms with Gasteiger partial charge in [0.25, 0.3) is 0 Å². The fraction of sp³-hybridized carbons (Fsp3) is 0.562. The van der Waals surface area contributed by atoms with Gasteiger partial charge in [-0.3, -0.25) is 4.79 Å². The molecule has 1 saturated heterocycles. The summed E-state index contributed by atoms with van der Waals surface area (Å²) < 4.78 is 26.9. The van der Waals surface area contributed by atoms with Gasteiger partial charge in [-0.25, -0.2) is 8.42 Å². The van der Waals surface area contributed by atoms with Crippen molar-refractivity contribution in [2.75, 3.05) is 33.7 Å². The van der Waals surface area contributed by atoms with Crippen LogP contribution in [-0.2, 0) is 14.8 Å². The molecule has 0 bridgehead atoms. The van der Waals surface area contributed by atoms with Crippen LogP contribution in [0.5, 0.6) is 0 Å². The maximum Gasteiger partial charge on any atom is 0.243 e. The standard InChI is InChI=1S/C16H25N3O3S/c1-13-6-8-14(9-7-13)23(21,22)19-11-4-5-15(19)16(20)17-10-12-18(2)3/h6-9,15H,4-5,10-12H2,1-3H3,(H,17,20). The van der Waals surface area contributed by atoms with E-state index >= 15 is 0 Å². The van der Waals surface area contributed by atoms with Crippen LogP contribution in [0.4, 0.5) is 0 Å². The first-order chi connectivity index (χ1) is 10.8. The summed E-state index contributed by atoms with van der Waals surface area (Å²) in [6.45, 7) is 3.54. The van der Waals surface area contributed by atoms with E-state index in [1.54, 1.807) is 24.3 Å². The Labute approximate surface area is 138 Å². The van der Waals surface area contributed by atoms with E-state index in [-0.39, 0.29) is 10.8 Å². The third-order valence-corrected chi connectivity index (χ3v) is 5.91. The maximum absolute atomic E-state index is 12.8. The second-order valence-electron chi connectivity index (χ2n) is 6.18. The number of amides is 1. The molecular formula is C16H25N3O3S. The molecule has 1 aliphatic heterocycles. The Bertz CT molecular complexity index is 641. The minimum absolute atomic E-state index is 0.208. The molecule has 1 aromatic carbocycles. The summed E-state index contributed by atoms with van der Waals surface area (Å²) in [7, 11) is 0.224. The zero-order valence-electron chi connectivity index (χ0n) is 13.9. The predicted molar refractivity (Wildman–Crippen MR) is 89.7 cm³/mol. The molecule has 1 heterocycles. The number of carbonyl (C=O) groups is 1. The third kappa shape index (κ3) is 4.31. The molecule has 1 unspecified atom stereocenters. The Hall–Kier alpha value is -1.44. The average Bonchev–Trinajstić information content (AvgIpc) is 2.97. The molecule has 0 aromatic heterocycles. The van der Waals surface area contributed by atoms with Gasteiger partial charge in [0.05, 0.1) is 4.90 Å². The van der Waals surface area contributed by atoms with Gasteiger partial charge in [-0.05, 0) is 46.0 Å². The van der Waals surface area contributed by atoms with E-state index in [1.165, 1.54) is 4.31 Å². The van der Waals surface area contributed by atoms with Crippen molar-refractivity contribution < 1.29 is 13.2 Å². The second-order valence-corrected chi connectivity index (χ2v) is 8.07. The zero-order valence-corrected chi connectivity index (χ0v) is 14.8. The molecule has 7 heteroatoms. The molecule has 0 spiro atoms. The molecule has 2 rings (SSSR count). The molecular weight excluding hydrogens is 314 g/mol. The highest BCUT2D eigenvalue weighted by molar-refractivity contribution is 7.89. The zero-order chi connectivity index (χ0) is 17.0. The van der Waals surface area contributed by atoms with Crippen molar-refractivity contribution in [1.29, 1.82) is 0 Å². The summed E-state index contributed by atoms with van der Waals surface area (Å²) in [6, 6.07) is 6.14. The molecule has 1 fully saturated rings. The van der Waals surface area contributed by atoms with Crippen LogP contribution in [0.25, 0.3) is 0 Å². The summed E-state index contributed by atoms with van der Waals surface area (Å²) in [5, 5.41) is 2.83. The van der Waals surface area contributed by atoms with Crippen molar-refractivity contribution in [3.63, 3.8) is 0 Å². The monoisotopic (exact) mass is 339 g/mol. The summed E-state index contributed by atoms with van der Waals surface area (Å²) in [4.78, 5) is 14.5. The quantitative estimate of drug-likeness (QED) is 0.833. The highest BCUT2D eigenvalue weighted by Gasteiger charge is 2.39. The Morgan fingerprint density at radius 1 is 1.30 bits per heavy atom. The first-order valence-corrected chi connectivity index (χ1v) is 9.27. The van der Waals surface area contributed by atoms with E-state index in [1.807, 2.05) is 25.9 Å². The molecule has 1 amide bonds. The molecule has 128 valence electrons. The van der Waals surface area contributed by atoms with Gasteiger partial charge < -0.3 is 10.2 Å². The van der Waals surface area contributed by atoms with Crippen LogP contribution in [0.15, 0.2) is 29.2 Å². The van der Waals surface area contributed by atoms with Crippen LogP contribution >= 0.6 is 0 Å². The lowest BCUT2D eigenvalue weighted by atomic mass is 10.2. The van der Waals surface area contributed by atoms with Crippen LogP contribution in [0.3, 0.4) is 0 Å². The number of rotatable bonds is 6. The minimum Gasteiger partial charge on any atom is -0.353 e. The molecule has 0 aliphatic carbocycles. The molecule has 1 aromatic rings. The molecule has 1 atom stereocenters. The first-order valence-electron chi connectivity index (χ1n) is 7.83. The molecule has 1 aliphatic rings. The average molecular weight is 339 g/mol. The molecule has 0 saturated carbocycles. The van der Waals surface area contributed by atoms with Crippen molar-refractivity contribution in [1.82, 2.24) is 14.5 Å². The Kier molecular flexibility index (Phi) is 5.78. The number of aryl methyl sites for hydroxylation is 1. The lowest BCUT2D eigenvalue weighted by Crippen LogP contribution is -2.47. The van der Waals surface area contributed by atoms with Crippen molar-refractivity contribution in [3.05, 3.63) is 29.8 Å². The van der Waals surface area contributed by atoms with E-state index in [0.717, 1.165) is 12.1 Å². The van der Waals surface area contributed by atoms with Crippen molar-refractivity contribution >= 4 is 15.9 Å². The van der Waals surface area contributed by atoms with E-state index in [0.29, 0.717) is 25.9 Å². The van der Waals surface area contributed by atoms with Crippen molar-refractivity contribution in [2.24, 2.45) is 0 Å². The number of likely N-dealkylation sites (N-methyl/N-ethyl adjacent to an activating group) is 1. The van der Waals surface area contributed by atoms with Gasteiger partial charge in [0, 0.05) is 19.6 Å². The van der Waals surface area contributed by atoms with Crippen LogP contribution in [0, 0.1) is 6.92 Å². The predicted octanol–water partition coefficient (Wildman–Crippen LogP) is 0.826. The van der Waals surface area contributed by atoms with Crippen LogP contribution < -0.4 is 5.32 Å². The number of nitrogens with zero attached hydrogens (tertiary/aromatic N) is 2. The summed E-state index contributed by atoms with van der Waals surface area (Å²) >= 11 is 0. The van der Waals surface area contributed by atoms with Crippen molar-refractivity contribution in [2.45, 2.75) is 30.7 Å². The first kappa shape index (κ1) is 17.9. The van der Waals surface area contributed by atoms with Crippen LogP contribution in [0.2, 0.25) is 0 Å². The van der Waals surface area contributed by atoms with Crippen LogP contribution in [-0.4, -0.2) is 63.3 Å². The Balaban J connectivity index is 2.11. The molecule has 0 radical (unpaired) electrons. The smallest absolute Gasteiger partial charge is 0.243 e. The van der Waals surface area contributed by atoms with Crippen molar-refractivity contribution in [3.8, 4) is 0 Å².